The summed E-state index contributed by atoms with van der Waals surface area (Å²) in [4.78, 5) is 29.5. The number of rotatable bonds is 3. The summed E-state index contributed by atoms with van der Waals surface area (Å²) < 4.78 is 0. The van der Waals surface area contributed by atoms with Crippen molar-refractivity contribution in [2.24, 2.45) is 5.92 Å². The van der Waals surface area contributed by atoms with E-state index in [-0.39, 0.29) is 12.1 Å². The Hall–Kier alpha value is -1.34. The number of urea groups is 1. The van der Waals surface area contributed by atoms with Gasteiger partial charge < -0.3 is 20.2 Å². The zero-order valence-corrected chi connectivity index (χ0v) is 13.1. The molecule has 21 heavy (non-hydrogen) atoms. The van der Waals surface area contributed by atoms with E-state index in [1.807, 2.05) is 6.92 Å². The lowest BCUT2D eigenvalue weighted by Crippen LogP contribution is -2.55. The first kappa shape index (κ1) is 16.0. The van der Waals surface area contributed by atoms with Crippen LogP contribution < -0.4 is 5.32 Å². The molecule has 2 N–H and O–H groups in total. The van der Waals surface area contributed by atoms with Crippen LogP contribution in [0.5, 0.6) is 0 Å². The molecule has 0 radical (unpaired) electrons. The van der Waals surface area contributed by atoms with E-state index in [2.05, 4.69) is 29.2 Å². The summed E-state index contributed by atoms with van der Waals surface area (Å²) in [5.74, 6) is -1.26. The van der Waals surface area contributed by atoms with Gasteiger partial charge >= 0.3 is 12.0 Å². The fourth-order valence-corrected chi connectivity index (χ4v) is 3.19. The van der Waals surface area contributed by atoms with Gasteiger partial charge in [0.25, 0.3) is 0 Å². The Morgan fingerprint density at radius 2 is 1.95 bits per heavy atom. The van der Waals surface area contributed by atoms with Crippen molar-refractivity contribution in [3.8, 4) is 0 Å². The molecule has 2 saturated heterocycles. The van der Waals surface area contributed by atoms with Crippen LogP contribution in [0.15, 0.2) is 0 Å². The fraction of sp³-hybridized carbons (Fsp3) is 0.857. The zero-order chi connectivity index (χ0) is 15.6. The van der Waals surface area contributed by atoms with Gasteiger partial charge in [0.15, 0.2) is 0 Å². The number of carbonyl (C=O) groups is 2. The lowest BCUT2D eigenvalue weighted by molar-refractivity contribution is -0.142. The van der Waals surface area contributed by atoms with Crippen molar-refractivity contribution >= 4 is 12.0 Å². The minimum absolute atomic E-state index is 0.145. The Labute approximate surface area is 125 Å². The standard InChI is InChI=1S/C14H26N4O3/c1-10-12(13(19)20)4-5-18(10)14(21)15-8-11-9-16(2)6-7-17(11)3/h10-12H,4-9H2,1-3H3,(H,15,21)(H,19,20). The van der Waals surface area contributed by atoms with Crippen molar-refractivity contribution in [1.82, 2.24) is 20.0 Å². The average molecular weight is 298 g/mol. The summed E-state index contributed by atoms with van der Waals surface area (Å²) in [6.45, 7) is 5.91. The van der Waals surface area contributed by atoms with Crippen LogP contribution in [0.3, 0.4) is 0 Å². The number of likely N-dealkylation sites (tertiary alicyclic amines) is 1. The van der Waals surface area contributed by atoms with Crippen LogP contribution in [-0.4, -0.2) is 90.7 Å². The van der Waals surface area contributed by atoms with Crippen LogP contribution >= 0.6 is 0 Å². The first-order valence-electron chi connectivity index (χ1n) is 7.56. The van der Waals surface area contributed by atoms with Crippen LogP contribution in [-0.2, 0) is 4.79 Å². The summed E-state index contributed by atoms with van der Waals surface area (Å²) in [7, 11) is 4.16. The molecule has 2 fully saturated rings. The number of hydrogen-bond donors (Lipinski definition) is 2. The van der Waals surface area contributed by atoms with Crippen molar-refractivity contribution in [2.45, 2.75) is 25.4 Å². The second kappa shape index (κ2) is 6.62. The van der Waals surface area contributed by atoms with E-state index < -0.39 is 11.9 Å². The molecule has 0 spiro atoms. The first-order chi connectivity index (χ1) is 9.90. The number of hydrogen-bond acceptors (Lipinski definition) is 4. The number of carboxylic acids is 1. The largest absolute Gasteiger partial charge is 0.481 e. The van der Waals surface area contributed by atoms with Gasteiger partial charge in [0, 0.05) is 44.8 Å². The monoisotopic (exact) mass is 298 g/mol. The Kier molecular flexibility index (Phi) is 5.05. The van der Waals surface area contributed by atoms with Gasteiger partial charge in [-0.3, -0.25) is 9.69 Å². The minimum Gasteiger partial charge on any atom is -0.481 e. The molecule has 3 unspecified atom stereocenters. The van der Waals surface area contributed by atoms with Crippen LogP contribution in [0.4, 0.5) is 4.79 Å². The van der Waals surface area contributed by atoms with Gasteiger partial charge in [-0.2, -0.15) is 0 Å². The number of piperazine rings is 1. The van der Waals surface area contributed by atoms with Crippen molar-refractivity contribution in [3.63, 3.8) is 0 Å². The maximum Gasteiger partial charge on any atom is 0.317 e. The molecule has 7 heteroatoms. The van der Waals surface area contributed by atoms with Crippen molar-refractivity contribution in [1.29, 1.82) is 0 Å². The molecule has 0 aromatic carbocycles. The molecular formula is C14H26N4O3. The number of amides is 2. The van der Waals surface area contributed by atoms with Gasteiger partial charge in [-0.1, -0.05) is 0 Å². The van der Waals surface area contributed by atoms with E-state index in [4.69, 9.17) is 5.11 Å². The molecule has 0 aromatic rings. The highest BCUT2D eigenvalue weighted by molar-refractivity contribution is 5.78. The number of likely N-dealkylation sites (N-methyl/N-ethyl adjacent to an activating group) is 2. The molecule has 2 rings (SSSR count). The Balaban J connectivity index is 1.83. The Morgan fingerprint density at radius 1 is 1.24 bits per heavy atom. The highest BCUT2D eigenvalue weighted by atomic mass is 16.4. The summed E-state index contributed by atoms with van der Waals surface area (Å²) in [6, 6.07) is -0.0805. The summed E-state index contributed by atoms with van der Waals surface area (Å²) in [5, 5.41) is 12.1. The summed E-state index contributed by atoms with van der Waals surface area (Å²) >= 11 is 0. The fourth-order valence-electron chi connectivity index (χ4n) is 3.19. The summed E-state index contributed by atoms with van der Waals surface area (Å²) in [6.07, 6.45) is 0.538. The smallest absolute Gasteiger partial charge is 0.317 e. The van der Waals surface area contributed by atoms with Crippen molar-refractivity contribution in [3.05, 3.63) is 0 Å². The molecule has 7 nitrogen and oxygen atoms in total. The van der Waals surface area contributed by atoms with E-state index in [0.29, 0.717) is 25.6 Å². The maximum absolute atomic E-state index is 12.2. The summed E-state index contributed by atoms with van der Waals surface area (Å²) in [5.41, 5.74) is 0. The van der Waals surface area contributed by atoms with Gasteiger partial charge in [0.05, 0.1) is 5.92 Å². The number of aliphatic carboxylic acids is 1. The van der Waals surface area contributed by atoms with Crippen molar-refractivity contribution < 1.29 is 14.7 Å². The second-order valence-electron chi connectivity index (χ2n) is 6.25. The molecule has 0 bridgehead atoms. The molecule has 2 aliphatic heterocycles. The molecule has 2 aliphatic rings. The quantitative estimate of drug-likeness (QED) is 0.750. The topological polar surface area (TPSA) is 76.1 Å². The van der Waals surface area contributed by atoms with E-state index in [1.165, 1.54) is 0 Å². The third-order valence-electron chi connectivity index (χ3n) is 4.80. The normalized spacial score (nSPS) is 31.4. The molecular weight excluding hydrogens is 272 g/mol. The van der Waals surface area contributed by atoms with Gasteiger partial charge in [-0.25, -0.2) is 4.79 Å². The number of carbonyl (C=O) groups excluding carboxylic acids is 1. The van der Waals surface area contributed by atoms with E-state index in [1.54, 1.807) is 4.90 Å². The molecule has 2 amide bonds. The van der Waals surface area contributed by atoms with E-state index in [0.717, 1.165) is 19.6 Å². The van der Waals surface area contributed by atoms with Gasteiger partial charge in [-0.05, 0) is 27.4 Å². The Bertz CT molecular complexity index is 404. The van der Waals surface area contributed by atoms with E-state index in [9.17, 15) is 9.59 Å². The highest BCUT2D eigenvalue weighted by Gasteiger charge is 2.38. The van der Waals surface area contributed by atoms with Gasteiger partial charge in [0.1, 0.15) is 0 Å². The SMILES string of the molecule is CC1C(C(=O)O)CCN1C(=O)NCC1CN(C)CCN1C. The van der Waals surface area contributed by atoms with Crippen LogP contribution in [0.25, 0.3) is 0 Å². The number of nitrogens with one attached hydrogen (secondary N) is 1. The molecule has 120 valence electrons. The molecule has 3 atom stereocenters. The third kappa shape index (κ3) is 3.65. The molecule has 0 aromatic heterocycles. The number of carboxylic acid groups (broad SMARTS) is 1. The maximum atomic E-state index is 12.2. The first-order valence-corrected chi connectivity index (χ1v) is 7.56. The van der Waals surface area contributed by atoms with Crippen molar-refractivity contribution in [2.75, 3.05) is 46.8 Å². The minimum atomic E-state index is -0.813. The molecule has 2 heterocycles. The third-order valence-corrected chi connectivity index (χ3v) is 4.80. The lowest BCUT2D eigenvalue weighted by atomic mass is 10.0. The van der Waals surface area contributed by atoms with Crippen LogP contribution in [0.1, 0.15) is 13.3 Å². The lowest BCUT2D eigenvalue weighted by Gasteiger charge is -2.38. The highest BCUT2D eigenvalue weighted by Crippen LogP contribution is 2.24. The van der Waals surface area contributed by atoms with Gasteiger partial charge in [-0.15, -0.1) is 0 Å². The molecule has 0 aliphatic carbocycles. The predicted molar refractivity (Wildman–Crippen MR) is 79.2 cm³/mol. The van der Waals surface area contributed by atoms with Gasteiger partial charge in [0.2, 0.25) is 0 Å². The average Bonchev–Trinajstić information content (AvgIpc) is 2.81. The predicted octanol–water partition coefficient (Wildman–Crippen LogP) is -0.263. The Morgan fingerprint density at radius 3 is 2.57 bits per heavy atom. The second-order valence-corrected chi connectivity index (χ2v) is 6.25. The molecule has 0 saturated carbocycles. The van der Waals surface area contributed by atoms with Crippen LogP contribution in [0.2, 0.25) is 0 Å². The number of nitrogens with zero attached hydrogens (tertiary/aromatic N) is 3. The van der Waals surface area contributed by atoms with E-state index >= 15 is 0 Å². The van der Waals surface area contributed by atoms with Crippen LogP contribution in [0, 0.1) is 5.92 Å². The zero-order valence-electron chi connectivity index (χ0n) is 13.1.